The molecule has 14 heteroatoms. The van der Waals surface area contributed by atoms with Crippen molar-refractivity contribution in [3.05, 3.63) is 211 Å². The van der Waals surface area contributed by atoms with E-state index in [2.05, 4.69) is 96.9 Å². The number of aryl methyl sites for hydroxylation is 2. The maximum Gasteiger partial charge on any atom is 0.306 e. The Hall–Kier alpha value is -7.91. The van der Waals surface area contributed by atoms with Gasteiger partial charge < -0.3 is 19.3 Å². The van der Waals surface area contributed by atoms with Crippen molar-refractivity contribution in [2.24, 2.45) is 0 Å². The number of anilines is 2. The molecule has 77 heavy (non-hydrogen) atoms. The number of aromatic nitrogens is 6. The minimum atomic E-state index is -0.584. The van der Waals surface area contributed by atoms with Gasteiger partial charge in [-0.25, -0.2) is 0 Å². The third kappa shape index (κ3) is 16.8. The molecule has 2 aromatic carbocycles. The van der Waals surface area contributed by atoms with Crippen LogP contribution in [0.4, 0.5) is 11.4 Å². The van der Waals surface area contributed by atoms with Crippen LogP contribution in [0.1, 0.15) is 69.2 Å². The molecule has 0 spiro atoms. The van der Waals surface area contributed by atoms with Crippen LogP contribution in [0, 0.1) is 18.3 Å². The Bertz CT molecular complexity index is 3040. The van der Waals surface area contributed by atoms with Crippen LogP contribution in [0.25, 0.3) is 45.3 Å². The van der Waals surface area contributed by atoms with E-state index in [-0.39, 0.29) is 31.9 Å². The van der Waals surface area contributed by atoms with E-state index in [1.54, 1.807) is 43.2 Å². The summed E-state index contributed by atoms with van der Waals surface area (Å²) in [4.78, 5) is 43.5. The molecule has 1 unspecified atom stereocenters. The first-order chi connectivity index (χ1) is 37.2. The van der Waals surface area contributed by atoms with E-state index in [0.29, 0.717) is 40.6 Å². The SMILES string of the molecule is CCCN(CCCl)c1ccc(CCCC(=O)OC(C)C2=C/C(=C(\C#N)c3ccnc(-c4cc(C)ccn4)c3)Oc3cc(N(CC)CC)ccc32)cc1.[Ru].c1ccc(-c2ccccn2)nc1.c1ccc(-c2ccccn2)nc1. The summed E-state index contributed by atoms with van der Waals surface area (Å²) in [5.74, 6) is 1.30. The molecule has 0 fully saturated rings. The molecule has 7 heterocycles. The Morgan fingerprint density at radius 2 is 1.19 bits per heavy atom. The Morgan fingerprint density at radius 3 is 1.70 bits per heavy atom. The van der Waals surface area contributed by atoms with Gasteiger partial charge in [0.15, 0.2) is 0 Å². The van der Waals surface area contributed by atoms with Crippen molar-refractivity contribution in [3.8, 4) is 46.0 Å². The molecule has 0 aliphatic carbocycles. The Kier molecular flexibility index (Phi) is 23.2. The number of halogens is 1. The first-order valence-electron chi connectivity index (χ1n) is 25.8. The van der Waals surface area contributed by atoms with E-state index in [1.807, 2.05) is 123 Å². The zero-order valence-corrected chi connectivity index (χ0v) is 46.7. The van der Waals surface area contributed by atoms with E-state index >= 15 is 0 Å². The van der Waals surface area contributed by atoms with Crippen LogP contribution in [-0.4, -0.2) is 74.0 Å². The minimum Gasteiger partial charge on any atom is -0.458 e. The predicted molar refractivity (Wildman–Crippen MR) is 306 cm³/mol. The number of fused-ring (bicyclic) bond motifs is 1. The zero-order valence-electron chi connectivity index (χ0n) is 44.2. The number of ether oxygens (including phenoxy) is 2. The van der Waals surface area contributed by atoms with E-state index in [9.17, 15) is 10.1 Å². The Balaban J connectivity index is 0.000000309. The van der Waals surface area contributed by atoms with Crippen LogP contribution in [-0.2, 0) is 35.4 Å². The summed E-state index contributed by atoms with van der Waals surface area (Å²) in [6.45, 7) is 13.7. The minimum absolute atomic E-state index is 0. The summed E-state index contributed by atoms with van der Waals surface area (Å²) >= 11 is 6.02. The monoisotopic (exact) mass is 1130 g/mol. The average molecular weight is 1130 g/mol. The number of pyridine rings is 6. The van der Waals surface area contributed by atoms with Crippen LogP contribution in [0.5, 0.6) is 5.75 Å². The summed E-state index contributed by atoms with van der Waals surface area (Å²) in [5, 5.41) is 10.5. The number of benzene rings is 2. The fourth-order valence-corrected chi connectivity index (χ4v) is 8.74. The molecule has 0 N–H and O–H groups in total. The summed E-state index contributed by atoms with van der Waals surface area (Å²) in [5.41, 5.74) is 12.0. The second-order valence-corrected chi connectivity index (χ2v) is 18.1. The topological polar surface area (TPSA) is 143 Å². The van der Waals surface area contributed by atoms with Crippen molar-refractivity contribution in [1.82, 2.24) is 29.9 Å². The number of esters is 1. The number of hydrogen-bond donors (Lipinski definition) is 0. The second-order valence-electron chi connectivity index (χ2n) is 17.7. The van der Waals surface area contributed by atoms with Crippen LogP contribution in [0.3, 0.4) is 0 Å². The van der Waals surface area contributed by atoms with Crippen molar-refractivity contribution in [1.29, 1.82) is 5.26 Å². The third-order valence-corrected chi connectivity index (χ3v) is 12.6. The summed E-state index contributed by atoms with van der Waals surface area (Å²) in [6.07, 6.45) is 14.5. The van der Waals surface area contributed by atoms with Crippen LogP contribution < -0.4 is 14.5 Å². The maximum atomic E-state index is 13.2. The standard InChI is InChI=1S/C43H48ClN5O3.2C10H8N2.Ru/c1-6-23-49(24-20-44)34-14-12-32(13-15-34)10-9-11-43(50)51-31(5)37-28-42(52-41-27-35(16-17-36(37)41)48(7-2)8-3)38(29-45)33-19-22-47-40(26-33)39-25-30(4)18-21-46-39;2*1-3-7-11-9(5-1)10-6-2-4-8-12-10;/h12-19,21-22,25-28,31H,6-11,20,23-24H2,1-5H3;2*1-8H;/b42-38-;;;. The van der Waals surface area contributed by atoms with Gasteiger partial charge in [-0.1, -0.05) is 43.3 Å². The molecule has 1 aliphatic heterocycles. The molecule has 8 aromatic rings. The van der Waals surface area contributed by atoms with Crippen molar-refractivity contribution in [2.45, 2.75) is 66.4 Å². The summed E-state index contributed by atoms with van der Waals surface area (Å²) in [6, 6.07) is 47.7. The molecule has 394 valence electrons. The third-order valence-electron chi connectivity index (χ3n) is 12.4. The van der Waals surface area contributed by atoms with E-state index in [4.69, 9.17) is 21.1 Å². The molecule has 6 aromatic heterocycles. The molecule has 0 bridgehead atoms. The molecule has 0 saturated carbocycles. The average Bonchev–Trinajstić information content (AvgIpc) is 3.47. The Morgan fingerprint density at radius 1 is 0.649 bits per heavy atom. The first kappa shape index (κ1) is 58.4. The van der Waals surface area contributed by atoms with E-state index in [0.717, 1.165) is 95.6 Å². The number of rotatable bonds is 18. The quantitative estimate of drug-likeness (QED) is 0.0349. The Labute approximate surface area is 471 Å². The van der Waals surface area contributed by atoms with Crippen LogP contribution in [0.15, 0.2) is 189 Å². The van der Waals surface area contributed by atoms with Crippen molar-refractivity contribution in [2.75, 3.05) is 41.9 Å². The van der Waals surface area contributed by atoms with Gasteiger partial charge in [-0.15, -0.1) is 11.6 Å². The number of nitriles is 1. The van der Waals surface area contributed by atoms with Gasteiger partial charge in [-0.3, -0.25) is 34.7 Å². The van der Waals surface area contributed by atoms with Gasteiger partial charge in [0.1, 0.15) is 29.3 Å². The van der Waals surface area contributed by atoms with E-state index in [1.165, 1.54) is 5.56 Å². The van der Waals surface area contributed by atoms with Gasteiger partial charge in [-0.05, 0) is 167 Å². The first-order valence-corrected chi connectivity index (χ1v) is 26.3. The number of nitrogens with zero attached hydrogens (tertiary/aromatic N) is 9. The number of carbonyl (C=O) groups excluding carboxylic acids is 1. The van der Waals surface area contributed by atoms with Crippen molar-refractivity contribution in [3.63, 3.8) is 0 Å². The van der Waals surface area contributed by atoms with Gasteiger partial charge in [0, 0.05) is 124 Å². The molecule has 0 saturated heterocycles. The number of carbonyl (C=O) groups is 1. The van der Waals surface area contributed by atoms with Crippen LogP contribution >= 0.6 is 11.6 Å². The number of allylic oxidation sites excluding steroid dienone is 2. The molecule has 0 amide bonds. The summed E-state index contributed by atoms with van der Waals surface area (Å²) < 4.78 is 12.5. The smallest absolute Gasteiger partial charge is 0.306 e. The van der Waals surface area contributed by atoms with Crippen molar-refractivity contribution >= 4 is 40.1 Å². The fraction of sp³-hybridized carbons (Fsp3) is 0.238. The molecule has 12 nitrogen and oxygen atoms in total. The number of alkyl halides is 1. The van der Waals surface area contributed by atoms with Gasteiger partial charge in [-0.2, -0.15) is 5.26 Å². The van der Waals surface area contributed by atoms with Gasteiger partial charge in [0.2, 0.25) is 0 Å². The molecular weight excluding hydrogens is 1070 g/mol. The molecule has 0 radical (unpaired) electrons. The molecule has 1 aliphatic rings. The van der Waals surface area contributed by atoms with Crippen molar-refractivity contribution < 1.29 is 33.7 Å². The largest absolute Gasteiger partial charge is 0.458 e. The zero-order chi connectivity index (χ0) is 53.5. The van der Waals surface area contributed by atoms with Gasteiger partial charge in [0.05, 0.1) is 34.2 Å². The molecular formula is C63H64ClN9O3Ru. The second kappa shape index (κ2) is 30.6. The maximum absolute atomic E-state index is 13.2. The van der Waals surface area contributed by atoms with Gasteiger partial charge >= 0.3 is 5.97 Å². The van der Waals surface area contributed by atoms with E-state index < -0.39 is 6.10 Å². The summed E-state index contributed by atoms with van der Waals surface area (Å²) in [7, 11) is 0. The van der Waals surface area contributed by atoms with Gasteiger partial charge in [0.25, 0.3) is 0 Å². The molecule has 9 rings (SSSR count). The fourth-order valence-electron chi connectivity index (χ4n) is 8.54. The normalized spacial score (nSPS) is 12.2. The molecule has 1 atom stereocenters. The predicted octanol–water partition coefficient (Wildman–Crippen LogP) is 13.7. The van der Waals surface area contributed by atoms with Crippen LogP contribution in [0.2, 0.25) is 0 Å². The number of hydrogen-bond acceptors (Lipinski definition) is 12.